The van der Waals surface area contributed by atoms with E-state index in [0.29, 0.717) is 0 Å². The number of aromatic nitrogens is 2. The maximum Gasteiger partial charge on any atom is 0.137 e. The van der Waals surface area contributed by atoms with E-state index in [1.165, 1.54) is 59.4 Å². The zero-order chi connectivity index (χ0) is 41.9. The monoisotopic (exact) mass is 815 g/mol. The number of para-hydroxylation sites is 5. The summed E-state index contributed by atoms with van der Waals surface area (Å²) < 4.78 is 11.5. The van der Waals surface area contributed by atoms with Crippen molar-refractivity contribution in [2.75, 3.05) is 4.90 Å². The van der Waals surface area contributed by atoms with E-state index < -0.39 is 0 Å². The first-order chi connectivity index (χ1) is 31.8. The topological polar surface area (TPSA) is 26.2 Å². The number of benzene rings is 11. The van der Waals surface area contributed by atoms with Crippen molar-refractivity contribution in [3.05, 3.63) is 224 Å². The van der Waals surface area contributed by atoms with Crippen LogP contribution in [-0.4, -0.2) is 9.13 Å². The van der Waals surface area contributed by atoms with Gasteiger partial charge >= 0.3 is 0 Å². The van der Waals surface area contributed by atoms with Crippen molar-refractivity contribution in [2.45, 2.75) is 0 Å². The average molecular weight is 816 g/mol. The van der Waals surface area contributed by atoms with Crippen molar-refractivity contribution in [3.63, 3.8) is 0 Å². The molecule has 0 radical (unpaired) electrons. The molecule has 0 spiro atoms. The zero-order valence-electron chi connectivity index (χ0n) is 34.6. The Balaban J connectivity index is 1.14. The smallest absolute Gasteiger partial charge is 0.137 e. The lowest BCUT2D eigenvalue weighted by Gasteiger charge is -2.28. The highest BCUT2D eigenvalue weighted by Crippen LogP contribution is 2.49. The zero-order valence-corrected chi connectivity index (χ0v) is 34.6. The van der Waals surface area contributed by atoms with Crippen molar-refractivity contribution in [1.82, 2.24) is 9.13 Å². The van der Waals surface area contributed by atoms with E-state index in [2.05, 4.69) is 238 Å². The molecule has 0 bridgehead atoms. The van der Waals surface area contributed by atoms with Crippen molar-refractivity contribution in [3.8, 4) is 11.4 Å². The molecule has 0 atom stereocenters. The average Bonchev–Trinajstić information content (AvgIpc) is 4.03. The normalized spacial score (nSPS) is 12.1. The Morgan fingerprint density at radius 2 is 0.844 bits per heavy atom. The Hall–Kier alpha value is -8.60. The molecular formula is C60H37N3O. The van der Waals surface area contributed by atoms with Gasteiger partial charge in [0.15, 0.2) is 0 Å². The second-order valence-electron chi connectivity index (χ2n) is 16.8. The van der Waals surface area contributed by atoms with Crippen LogP contribution in [0.4, 0.5) is 17.1 Å². The quantitative estimate of drug-likeness (QED) is 0.162. The first-order valence-corrected chi connectivity index (χ1v) is 21.9. The molecule has 0 amide bonds. The van der Waals surface area contributed by atoms with Crippen LogP contribution in [-0.2, 0) is 0 Å². The maximum absolute atomic E-state index is 6.61. The van der Waals surface area contributed by atoms with Gasteiger partial charge in [0.2, 0.25) is 0 Å². The van der Waals surface area contributed by atoms with Crippen LogP contribution < -0.4 is 4.90 Å². The summed E-state index contributed by atoms with van der Waals surface area (Å²) in [6.45, 7) is 0. The van der Waals surface area contributed by atoms with Crippen molar-refractivity contribution in [2.24, 2.45) is 0 Å². The molecule has 11 aromatic carbocycles. The van der Waals surface area contributed by atoms with Gasteiger partial charge in [0.1, 0.15) is 11.2 Å². The van der Waals surface area contributed by atoms with E-state index in [4.69, 9.17) is 4.42 Å². The fourth-order valence-electron chi connectivity index (χ4n) is 10.9. The minimum absolute atomic E-state index is 0.854. The largest absolute Gasteiger partial charge is 0.456 e. The molecule has 0 aliphatic heterocycles. The summed E-state index contributed by atoms with van der Waals surface area (Å²) in [7, 11) is 0. The summed E-state index contributed by atoms with van der Waals surface area (Å²) in [6, 6.07) is 81.6. The number of hydrogen-bond donors (Lipinski definition) is 0. The van der Waals surface area contributed by atoms with Crippen LogP contribution in [0.5, 0.6) is 0 Å². The number of anilines is 3. The molecule has 4 nitrogen and oxygen atoms in total. The highest BCUT2D eigenvalue weighted by molar-refractivity contribution is 6.26. The highest BCUT2D eigenvalue weighted by atomic mass is 16.3. The minimum atomic E-state index is 0.854. The lowest BCUT2D eigenvalue weighted by Crippen LogP contribution is -2.12. The van der Waals surface area contributed by atoms with Crippen LogP contribution in [0, 0.1) is 0 Å². The van der Waals surface area contributed by atoms with Gasteiger partial charge in [-0.2, -0.15) is 0 Å². The number of furan rings is 1. The van der Waals surface area contributed by atoms with Crippen molar-refractivity contribution < 1.29 is 4.42 Å². The number of fused-ring (bicyclic) bond motifs is 15. The molecule has 14 rings (SSSR count). The van der Waals surface area contributed by atoms with E-state index in [1.54, 1.807) is 0 Å². The summed E-state index contributed by atoms with van der Waals surface area (Å²) in [6.07, 6.45) is 0. The van der Waals surface area contributed by atoms with Crippen LogP contribution in [0.15, 0.2) is 229 Å². The fourth-order valence-corrected chi connectivity index (χ4v) is 10.9. The van der Waals surface area contributed by atoms with Crippen LogP contribution in [0.25, 0.3) is 109 Å². The molecule has 0 N–H and O–H groups in total. The molecule has 64 heavy (non-hydrogen) atoms. The van der Waals surface area contributed by atoms with Gasteiger partial charge in [-0.15, -0.1) is 0 Å². The molecular weight excluding hydrogens is 779 g/mol. The van der Waals surface area contributed by atoms with Gasteiger partial charge in [0, 0.05) is 38.3 Å². The van der Waals surface area contributed by atoms with Crippen molar-refractivity contribution in [1.29, 1.82) is 0 Å². The SMILES string of the molecule is c1ccc(-n2c3ccccc3c3c(-n4c5ccccc5c5cccc(N(c6ccc7c8ccccc8c8ccccc8c7c6)c6cccc7oc8ccccc8c67)c54)cccc32)cc1. The van der Waals surface area contributed by atoms with Crippen LogP contribution >= 0.6 is 0 Å². The Labute approximate surface area is 367 Å². The van der Waals surface area contributed by atoms with Gasteiger partial charge in [-0.25, -0.2) is 0 Å². The first-order valence-electron chi connectivity index (χ1n) is 21.9. The predicted molar refractivity (Wildman–Crippen MR) is 270 cm³/mol. The Morgan fingerprint density at radius 3 is 1.61 bits per heavy atom. The molecule has 298 valence electrons. The maximum atomic E-state index is 6.61. The second-order valence-corrected chi connectivity index (χ2v) is 16.8. The minimum Gasteiger partial charge on any atom is -0.456 e. The van der Waals surface area contributed by atoms with Crippen LogP contribution in [0.2, 0.25) is 0 Å². The van der Waals surface area contributed by atoms with E-state index in [-0.39, 0.29) is 0 Å². The van der Waals surface area contributed by atoms with Crippen LogP contribution in [0.1, 0.15) is 0 Å². The summed E-state index contributed by atoms with van der Waals surface area (Å²) in [5.74, 6) is 0. The van der Waals surface area contributed by atoms with E-state index in [0.717, 1.165) is 66.9 Å². The first kappa shape index (κ1) is 35.0. The molecule has 0 fully saturated rings. The summed E-state index contributed by atoms with van der Waals surface area (Å²) >= 11 is 0. The molecule has 0 aliphatic carbocycles. The number of hydrogen-bond acceptors (Lipinski definition) is 2. The molecule has 4 heteroatoms. The van der Waals surface area contributed by atoms with Crippen molar-refractivity contribution >= 4 is 115 Å². The third kappa shape index (κ3) is 4.88. The Kier molecular flexibility index (Phi) is 7.36. The third-order valence-electron chi connectivity index (χ3n) is 13.5. The Bertz CT molecular complexity index is 4170. The predicted octanol–water partition coefficient (Wildman–Crippen LogP) is 16.7. The Morgan fingerprint density at radius 1 is 0.312 bits per heavy atom. The molecule has 0 saturated carbocycles. The molecule has 14 aromatic rings. The molecule has 0 aliphatic rings. The second kappa shape index (κ2) is 13.4. The lowest BCUT2D eigenvalue weighted by molar-refractivity contribution is 0.669. The van der Waals surface area contributed by atoms with E-state index in [9.17, 15) is 0 Å². The fraction of sp³-hybridized carbons (Fsp3) is 0. The van der Waals surface area contributed by atoms with E-state index in [1.807, 2.05) is 0 Å². The molecule has 0 unspecified atom stereocenters. The number of rotatable bonds is 5. The lowest BCUT2D eigenvalue weighted by atomic mass is 9.94. The molecule has 0 saturated heterocycles. The van der Waals surface area contributed by atoms with Gasteiger partial charge in [-0.3, -0.25) is 0 Å². The third-order valence-corrected chi connectivity index (χ3v) is 13.5. The summed E-state index contributed by atoms with van der Waals surface area (Å²) in [4.78, 5) is 2.48. The van der Waals surface area contributed by atoms with Gasteiger partial charge in [0.05, 0.1) is 44.5 Å². The molecule has 3 aromatic heterocycles. The van der Waals surface area contributed by atoms with Gasteiger partial charge < -0.3 is 18.5 Å². The summed E-state index contributed by atoms with van der Waals surface area (Å²) in [5.41, 5.74) is 11.8. The number of nitrogens with zero attached hydrogens (tertiary/aromatic N) is 3. The van der Waals surface area contributed by atoms with E-state index >= 15 is 0 Å². The standard InChI is InChI=1S/C60H37N3O/c1-2-17-38(18-3-1)61-51-28-12-9-24-47(51)58-52(61)29-15-30-53(58)63-50-27-11-8-23-45(50)46-26-14-32-55(60(46)63)62(54-31-16-34-57-59(54)48-25-10-13-33-56(48)64-57)39-35-36-44-42-21-5-4-19-40(42)41-20-6-7-22-43(41)49(44)37-39/h1-37H. The highest BCUT2D eigenvalue weighted by Gasteiger charge is 2.26. The van der Waals surface area contributed by atoms with Gasteiger partial charge in [0.25, 0.3) is 0 Å². The van der Waals surface area contributed by atoms with Crippen LogP contribution in [0.3, 0.4) is 0 Å². The van der Waals surface area contributed by atoms with Gasteiger partial charge in [-0.05, 0) is 105 Å². The van der Waals surface area contributed by atoms with Gasteiger partial charge in [-0.1, -0.05) is 152 Å². The molecule has 3 heterocycles. The summed E-state index contributed by atoms with van der Waals surface area (Å²) in [5, 5.41) is 14.4.